The van der Waals surface area contributed by atoms with Crippen molar-refractivity contribution in [3.05, 3.63) is 20.8 Å². The van der Waals surface area contributed by atoms with Crippen LogP contribution in [0.25, 0.3) is 0 Å². The third kappa shape index (κ3) is 1.45. The molecule has 0 aromatic carbocycles. The SMILES string of the molecule is CNC(c1cscc1Br)C1C2C3CCC(C3)C21. The van der Waals surface area contributed by atoms with Crippen molar-refractivity contribution in [2.24, 2.45) is 29.6 Å². The van der Waals surface area contributed by atoms with Crippen LogP contribution in [0.3, 0.4) is 0 Å². The average Bonchev–Trinajstić information content (AvgIpc) is 2.72. The Kier molecular flexibility index (Phi) is 2.47. The lowest BCUT2D eigenvalue weighted by molar-refractivity contribution is 0.385. The molecule has 3 aliphatic carbocycles. The first-order valence-electron chi connectivity index (χ1n) is 6.70. The Morgan fingerprint density at radius 3 is 2.53 bits per heavy atom. The van der Waals surface area contributed by atoms with E-state index in [2.05, 4.69) is 39.1 Å². The van der Waals surface area contributed by atoms with Gasteiger partial charge in [-0.2, -0.15) is 11.3 Å². The molecule has 17 heavy (non-hydrogen) atoms. The average molecular weight is 312 g/mol. The summed E-state index contributed by atoms with van der Waals surface area (Å²) in [5.74, 6) is 5.18. The second-order valence-corrected chi connectivity index (χ2v) is 7.60. The van der Waals surface area contributed by atoms with Crippen LogP contribution < -0.4 is 5.32 Å². The Balaban J connectivity index is 1.61. The maximum absolute atomic E-state index is 3.70. The quantitative estimate of drug-likeness (QED) is 0.887. The molecule has 0 amide bonds. The van der Waals surface area contributed by atoms with E-state index >= 15 is 0 Å². The molecule has 0 saturated heterocycles. The van der Waals surface area contributed by atoms with Gasteiger partial charge < -0.3 is 5.32 Å². The van der Waals surface area contributed by atoms with Crippen molar-refractivity contribution < 1.29 is 0 Å². The van der Waals surface area contributed by atoms with Gasteiger partial charge in [-0.3, -0.25) is 0 Å². The molecular weight excluding hydrogens is 294 g/mol. The zero-order valence-electron chi connectivity index (χ0n) is 10.0. The van der Waals surface area contributed by atoms with Crippen LogP contribution in [0.4, 0.5) is 0 Å². The number of thiophene rings is 1. The molecule has 1 aromatic heterocycles. The van der Waals surface area contributed by atoms with E-state index in [1.165, 1.54) is 22.9 Å². The van der Waals surface area contributed by atoms with E-state index < -0.39 is 0 Å². The van der Waals surface area contributed by atoms with E-state index in [1.54, 1.807) is 6.42 Å². The minimum absolute atomic E-state index is 0.592. The van der Waals surface area contributed by atoms with Crippen molar-refractivity contribution in [2.45, 2.75) is 25.3 Å². The van der Waals surface area contributed by atoms with Gasteiger partial charge >= 0.3 is 0 Å². The first-order chi connectivity index (χ1) is 8.31. The zero-order chi connectivity index (χ0) is 11.6. The molecule has 3 heteroatoms. The molecule has 1 nitrogen and oxygen atoms in total. The fraction of sp³-hybridized carbons (Fsp3) is 0.714. The maximum Gasteiger partial charge on any atom is 0.0371 e. The fourth-order valence-electron chi connectivity index (χ4n) is 4.91. The molecule has 3 aliphatic rings. The second-order valence-electron chi connectivity index (χ2n) is 6.01. The smallest absolute Gasteiger partial charge is 0.0371 e. The molecule has 0 spiro atoms. The standard InChI is InChI=1S/C14H18BrNS/c1-16-14(9-5-17-6-10(9)15)13-11-7-2-3-8(4-7)12(11)13/h5-8,11-14,16H,2-4H2,1H3. The Bertz CT molecular complexity index is 427. The van der Waals surface area contributed by atoms with Gasteiger partial charge in [-0.1, -0.05) is 0 Å². The summed E-state index contributed by atoms with van der Waals surface area (Å²) in [7, 11) is 2.13. The van der Waals surface area contributed by atoms with Crippen LogP contribution in [0, 0.1) is 29.6 Å². The Labute approximate surface area is 115 Å². The Hall–Kier alpha value is 0.140. The lowest BCUT2D eigenvalue weighted by Gasteiger charge is -2.19. The summed E-state index contributed by atoms with van der Waals surface area (Å²) in [6.45, 7) is 0. The number of fused-ring (bicyclic) bond motifs is 5. The molecule has 2 bridgehead atoms. The highest BCUT2D eigenvalue weighted by Crippen LogP contribution is 2.72. The molecule has 0 radical (unpaired) electrons. The lowest BCUT2D eigenvalue weighted by atomic mass is 9.94. The predicted octanol–water partition coefficient (Wildman–Crippen LogP) is 4.06. The minimum atomic E-state index is 0.592. The Morgan fingerprint density at radius 2 is 2.00 bits per heavy atom. The summed E-state index contributed by atoms with van der Waals surface area (Å²) in [5.41, 5.74) is 1.50. The molecule has 3 fully saturated rings. The van der Waals surface area contributed by atoms with Gasteiger partial charge in [0.25, 0.3) is 0 Å². The van der Waals surface area contributed by atoms with Crippen LogP contribution in [0.2, 0.25) is 0 Å². The Morgan fingerprint density at radius 1 is 1.29 bits per heavy atom. The van der Waals surface area contributed by atoms with Gasteiger partial charge in [0, 0.05) is 15.9 Å². The van der Waals surface area contributed by atoms with Gasteiger partial charge in [0.2, 0.25) is 0 Å². The van der Waals surface area contributed by atoms with E-state index in [0.717, 1.165) is 29.6 Å². The molecule has 1 aromatic rings. The molecule has 92 valence electrons. The largest absolute Gasteiger partial charge is 0.313 e. The predicted molar refractivity (Wildman–Crippen MR) is 75.1 cm³/mol. The van der Waals surface area contributed by atoms with Crippen LogP contribution in [-0.4, -0.2) is 7.05 Å². The van der Waals surface area contributed by atoms with Gasteiger partial charge in [-0.25, -0.2) is 0 Å². The molecule has 4 rings (SSSR count). The topological polar surface area (TPSA) is 12.0 Å². The summed E-state index contributed by atoms with van der Waals surface area (Å²) in [5, 5.41) is 8.12. The number of hydrogen-bond donors (Lipinski definition) is 1. The summed E-state index contributed by atoms with van der Waals surface area (Å²) in [6, 6.07) is 0.592. The molecular formula is C14H18BrNS. The van der Waals surface area contributed by atoms with Crippen molar-refractivity contribution in [1.82, 2.24) is 5.32 Å². The molecule has 3 saturated carbocycles. The van der Waals surface area contributed by atoms with Crippen LogP contribution in [0.1, 0.15) is 30.9 Å². The van der Waals surface area contributed by atoms with Crippen LogP contribution in [0.5, 0.6) is 0 Å². The van der Waals surface area contributed by atoms with E-state index in [4.69, 9.17) is 0 Å². The number of hydrogen-bond acceptors (Lipinski definition) is 2. The van der Waals surface area contributed by atoms with E-state index in [0.29, 0.717) is 6.04 Å². The summed E-state index contributed by atoms with van der Waals surface area (Å²) >= 11 is 5.51. The molecule has 1 heterocycles. The number of rotatable bonds is 3. The molecule has 1 N–H and O–H groups in total. The van der Waals surface area contributed by atoms with Crippen LogP contribution in [0.15, 0.2) is 15.2 Å². The highest BCUT2D eigenvalue weighted by atomic mass is 79.9. The summed E-state index contributed by atoms with van der Waals surface area (Å²) < 4.78 is 1.30. The number of nitrogens with one attached hydrogen (secondary N) is 1. The molecule has 5 atom stereocenters. The number of halogens is 1. The minimum Gasteiger partial charge on any atom is -0.313 e. The van der Waals surface area contributed by atoms with Crippen molar-refractivity contribution in [3.63, 3.8) is 0 Å². The van der Waals surface area contributed by atoms with Crippen molar-refractivity contribution in [1.29, 1.82) is 0 Å². The highest BCUT2D eigenvalue weighted by molar-refractivity contribution is 9.10. The normalized spacial score (nSPS) is 43.8. The van der Waals surface area contributed by atoms with E-state index in [1.807, 2.05) is 11.3 Å². The van der Waals surface area contributed by atoms with Gasteiger partial charge in [0.05, 0.1) is 0 Å². The fourth-order valence-corrected chi connectivity index (χ4v) is 6.49. The molecule has 5 unspecified atom stereocenters. The third-order valence-electron chi connectivity index (χ3n) is 5.47. The highest BCUT2D eigenvalue weighted by Gasteiger charge is 2.66. The van der Waals surface area contributed by atoms with Gasteiger partial charge in [0.15, 0.2) is 0 Å². The second kappa shape index (κ2) is 3.82. The lowest BCUT2D eigenvalue weighted by Crippen LogP contribution is -2.21. The third-order valence-corrected chi connectivity index (χ3v) is 7.22. The van der Waals surface area contributed by atoms with Crippen molar-refractivity contribution >= 4 is 27.3 Å². The zero-order valence-corrected chi connectivity index (χ0v) is 12.4. The van der Waals surface area contributed by atoms with Gasteiger partial charge in [0.1, 0.15) is 0 Å². The molecule has 0 aliphatic heterocycles. The van der Waals surface area contributed by atoms with Gasteiger partial charge in [-0.15, -0.1) is 0 Å². The first kappa shape index (κ1) is 11.0. The van der Waals surface area contributed by atoms with Crippen LogP contribution >= 0.6 is 27.3 Å². The maximum atomic E-state index is 3.70. The first-order valence-corrected chi connectivity index (χ1v) is 8.43. The van der Waals surface area contributed by atoms with Gasteiger partial charge in [-0.05, 0) is 82.8 Å². The summed E-state index contributed by atoms with van der Waals surface area (Å²) in [4.78, 5) is 0. The monoisotopic (exact) mass is 311 g/mol. The van der Waals surface area contributed by atoms with E-state index in [9.17, 15) is 0 Å². The van der Waals surface area contributed by atoms with Crippen LogP contribution in [-0.2, 0) is 0 Å². The van der Waals surface area contributed by atoms with Crippen molar-refractivity contribution in [2.75, 3.05) is 7.05 Å². The summed E-state index contributed by atoms with van der Waals surface area (Å²) in [6.07, 6.45) is 4.58. The van der Waals surface area contributed by atoms with Crippen molar-refractivity contribution in [3.8, 4) is 0 Å². The van der Waals surface area contributed by atoms with E-state index in [-0.39, 0.29) is 0 Å².